The molecule has 0 aliphatic heterocycles. The Kier molecular flexibility index (Phi) is 3.96. The third-order valence-corrected chi connectivity index (χ3v) is 2.37. The van der Waals surface area contributed by atoms with E-state index >= 15 is 0 Å². The molecule has 0 saturated heterocycles. The summed E-state index contributed by atoms with van der Waals surface area (Å²) in [4.78, 5) is 13.2. The van der Waals surface area contributed by atoms with Crippen molar-refractivity contribution in [1.82, 2.24) is 0 Å². The SMILES string of the molecule is CCCC(=O)N(C)c1ccccc1Cl. The van der Waals surface area contributed by atoms with Crippen molar-refractivity contribution in [2.24, 2.45) is 0 Å². The summed E-state index contributed by atoms with van der Waals surface area (Å²) < 4.78 is 0. The monoisotopic (exact) mass is 211 g/mol. The van der Waals surface area contributed by atoms with Crippen LogP contribution in [0.25, 0.3) is 0 Å². The zero-order valence-corrected chi connectivity index (χ0v) is 9.21. The molecule has 1 aromatic rings. The maximum absolute atomic E-state index is 11.6. The van der Waals surface area contributed by atoms with Crippen LogP contribution in [0.4, 0.5) is 5.69 Å². The van der Waals surface area contributed by atoms with Gasteiger partial charge in [0.25, 0.3) is 0 Å². The van der Waals surface area contributed by atoms with Crippen LogP contribution in [0.1, 0.15) is 19.8 Å². The maximum atomic E-state index is 11.6. The molecule has 0 atom stereocenters. The number of nitrogens with zero attached hydrogens (tertiary/aromatic N) is 1. The summed E-state index contributed by atoms with van der Waals surface area (Å²) in [6, 6.07) is 7.35. The molecule has 0 saturated carbocycles. The van der Waals surface area contributed by atoms with E-state index in [1.54, 1.807) is 18.0 Å². The van der Waals surface area contributed by atoms with Gasteiger partial charge in [-0.25, -0.2) is 0 Å². The summed E-state index contributed by atoms with van der Waals surface area (Å²) in [5.41, 5.74) is 0.771. The first-order valence-electron chi connectivity index (χ1n) is 4.68. The molecule has 0 aromatic heterocycles. The van der Waals surface area contributed by atoms with E-state index in [1.807, 2.05) is 25.1 Å². The van der Waals surface area contributed by atoms with Gasteiger partial charge in [-0.05, 0) is 18.6 Å². The fourth-order valence-corrected chi connectivity index (χ4v) is 1.50. The fraction of sp³-hybridized carbons (Fsp3) is 0.364. The number of hydrogen-bond acceptors (Lipinski definition) is 1. The Labute approximate surface area is 89.5 Å². The molecule has 1 rings (SSSR count). The van der Waals surface area contributed by atoms with Crippen LogP contribution in [-0.4, -0.2) is 13.0 Å². The molecule has 1 amide bonds. The van der Waals surface area contributed by atoms with Crippen molar-refractivity contribution >= 4 is 23.2 Å². The van der Waals surface area contributed by atoms with Gasteiger partial charge in [0.1, 0.15) is 0 Å². The van der Waals surface area contributed by atoms with E-state index in [-0.39, 0.29) is 5.91 Å². The molecule has 2 nitrogen and oxygen atoms in total. The number of para-hydroxylation sites is 1. The van der Waals surface area contributed by atoms with Crippen LogP contribution in [0.3, 0.4) is 0 Å². The van der Waals surface area contributed by atoms with Crippen molar-refractivity contribution in [3.05, 3.63) is 29.3 Å². The van der Waals surface area contributed by atoms with Crippen LogP contribution in [0.2, 0.25) is 5.02 Å². The standard InChI is InChI=1S/C11H14ClNO/c1-3-6-11(14)13(2)10-8-5-4-7-9(10)12/h4-5,7-8H,3,6H2,1-2H3. The first-order chi connectivity index (χ1) is 6.66. The summed E-state index contributed by atoms with van der Waals surface area (Å²) in [6.45, 7) is 1.98. The number of anilines is 1. The van der Waals surface area contributed by atoms with Gasteiger partial charge in [-0.1, -0.05) is 30.7 Å². The topological polar surface area (TPSA) is 20.3 Å². The van der Waals surface area contributed by atoms with Crippen LogP contribution < -0.4 is 4.90 Å². The number of benzene rings is 1. The predicted octanol–water partition coefficient (Wildman–Crippen LogP) is 3.10. The molecule has 0 unspecified atom stereocenters. The average Bonchev–Trinajstić information content (AvgIpc) is 2.18. The highest BCUT2D eigenvalue weighted by Crippen LogP contribution is 2.24. The molecular weight excluding hydrogens is 198 g/mol. The van der Waals surface area contributed by atoms with Gasteiger partial charge in [0.15, 0.2) is 0 Å². The summed E-state index contributed by atoms with van der Waals surface area (Å²) in [5.74, 6) is 0.0978. The van der Waals surface area contributed by atoms with E-state index in [9.17, 15) is 4.79 Å². The second-order valence-corrected chi connectivity index (χ2v) is 3.56. The highest BCUT2D eigenvalue weighted by molar-refractivity contribution is 6.33. The van der Waals surface area contributed by atoms with Crippen molar-refractivity contribution in [2.75, 3.05) is 11.9 Å². The number of rotatable bonds is 3. The lowest BCUT2D eigenvalue weighted by molar-refractivity contribution is -0.118. The summed E-state index contributed by atoms with van der Waals surface area (Å²) in [7, 11) is 1.75. The molecule has 0 aliphatic carbocycles. The Morgan fingerprint density at radius 2 is 2.07 bits per heavy atom. The lowest BCUT2D eigenvalue weighted by Gasteiger charge is -2.18. The van der Waals surface area contributed by atoms with Crippen molar-refractivity contribution in [2.45, 2.75) is 19.8 Å². The van der Waals surface area contributed by atoms with Crippen molar-refractivity contribution in [1.29, 1.82) is 0 Å². The van der Waals surface area contributed by atoms with Crippen LogP contribution in [0, 0.1) is 0 Å². The molecule has 0 radical (unpaired) electrons. The molecule has 14 heavy (non-hydrogen) atoms. The number of carbonyl (C=O) groups excluding carboxylic acids is 1. The molecule has 76 valence electrons. The van der Waals surface area contributed by atoms with Crippen LogP contribution in [0.5, 0.6) is 0 Å². The molecular formula is C11H14ClNO. The Morgan fingerprint density at radius 1 is 1.43 bits per heavy atom. The van der Waals surface area contributed by atoms with Gasteiger partial charge in [0.2, 0.25) is 5.91 Å². The summed E-state index contributed by atoms with van der Waals surface area (Å²) in [6.07, 6.45) is 1.41. The quantitative estimate of drug-likeness (QED) is 0.753. The number of carbonyl (C=O) groups is 1. The minimum atomic E-state index is 0.0978. The van der Waals surface area contributed by atoms with Gasteiger partial charge in [-0.15, -0.1) is 0 Å². The van der Waals surface area contributed by atoms with E-state index < -0.39 is 0 Å². The third-order valence-electron chi connectivity index (χ3n) is 2.05. The minimum Gasteiger partial charge on any atom is -0.314 e. The van der Waals surface area contributed by atoms with Crippen molar-refractivity contribution in [3.63, 3.8) is 0 Å². The molecule has 0 N–H and O–H groups in total. The van der Waals surface area contributed by atoms with Gasteiger partial charge in [-0.3, -0.25) is 4.79 Å². The Hall–Kier alpha value is -1.02. The van der Waals surface area contributed by atoms with Crippen LogP contribution in [-0.2, 0) is 4.79 Å². The van der Waals surface area contributed by atoms with Crippen molar-refractivity contribution < 1.29 is 4.79 Å². The van der Waals surface area contributed by atoms with Gasteiger partial charge in [0, 0.05) is 13.5 Å². The average molecular weight is 212 g/mol. The first-order valence-corrected chi connectivity index (χ1v) is 5.05. The zero-order chi connectivity index (χ0) is 10.6. The smallest absolute Gasteiger partial charge is 0.226 e. The second-order valence-electron chi connectivity index (χ2n) is 3.15. The number of amides is 1. The number of halogens is 1. The fourth-order valence-electron chi connectivity index (χ4n) is 1.24. The lowest BCUT2D eigenvalue weighted by atomic mass is 10.2. The Bertz CT molecular complexity index is 325. The highest BCUT2D eigenvalue weighted by atomic mass is 35.5. The van der Waals surface area contributed by atoms with E-state index in [1.165, 1.54) is 0 Å². The summed E-state index contributed by atoms with van der Waals surface area (Å²) in [5, 5.41) is 0.611. The molecule has 0 aliphatic rings. The summed E-state index contributed by atoms with van der Waals surface area (Å²) >= 11 is 5.97. The van der Waals surface area contributed by atoms with Crippen molar-refractivity contribution in [3.8, 4) is 0 Å². The van der Waals surface area contributed by atoms with Crippen LogP contribution >= 0.6 is 11.6 Å². The molecule has 0 spiro atoms. The lowest BCUT2D eigenvalue weighted by Crippen LogP contribution is -2.25. The Morgan fingerprint density at radius 3 is 2.64 bits per heavy atom. The largest absolute Gasteiger partial charge is 0.314 e. The van der Waals surface area contributed by atoms with Gasteiger partial charge in [-0.2, -0.15) is 0 Å². The minimum absolute atomic E-state index is 0.0978. The molecule has 3 heteroatoms. The first kappa shape index (κ1) is 11.1. The van der Waals surface area contributed by atoms with Crippen LogP contribution in [0.15, 0.2) is 24.3 Å². The van der Waals surface area contributed by atoms with E-state index in [0.29, 0.717) is 11.4 Å². The number of hydrogen-bond donors (Lipinski definition) is 0. The normalized spacial score (nSPS) is 9.93. The second kappa shape index (κ2) is 5.01. The molecule has 1 aromatic carbocycles. The predicted molar refractivity (Wildman–Crippen MR) is 59.8 cm³/mol. The van der Waals surface area contributed by atoms with Gasteiger partial charge < -0.3 is 4.90 Å². The van der Waals surface area contributed by atoms with E-state index in [0.717, 1.165) is 12.1 Å². The Balaban J connectivity index is 2.84. The molecule has 0 bridgehead atoms. The molecule has 0 fully saturated rings. The molecule has 0 heterocycles. The zero-order valence-electron chi connectivity index (χ0n) is 8.46. The van der Waals surface area contributed by atoms with Gasteiger partial charge >= 0.3 is 0 Å². The van der Waals surface area contributed by atoms with Gasteiger partial charge in [0.05, 0.1) is 10.7 Å². The highest BCUT2D eigenvalue weighted by Gasteiger charge is 2.11. The maximum Gasteiger partial charge on any atom is 0.226 e. The third kappa shape index (κ3) is 2.48. The van der Waals surface area contributed by atoms with E-state index in [4.69, 9.17) is 11.6 Å². The van der Waals surface area contributed by atoms with E-state index in [2.05, 4.69) is 0 Å².